The highest BCUT2D eigenvalue weighted by atomic mass is 16.6. The maximum absolute atomic E-state index is 12.8. The molecule has 2 aliphatic rings. The highest BCUT2D eigenvalue weighted by Crippen LogP contribution is 2.22. The summed E-state index contributed by atoms with van der Waals surface area (Å²) in [5.41, 5.74) is 9.20. The van der Waals surface area contributed by atoms with E-state index in [0.29, 0.717) is 24.1 Å². The molecule has 1 atom stereocenters. The summed E-state index contributed by atoms with van der Waals surface area (Å²) in [4.78, 5) is 15.1. The monoisotopic (exact) mass is 413 g/mol. The van der Waals surface area contributed by atoms with Crippen molar-refractivity contribution in [1.29, 1.82) is 0 Å². The molecule has 11 heteroatoms. The molecule has 11 nitrogen and oxygen atoms in total. The number of allylic oxidation sites excluding steroid dienone is 2. The Balaban J connectivity index is 1.53. The summed E-state index contributed by atoms with van der Waals surface area (Å²) in [6.07, 6.45) is 11.3. The van der Waals surface area contributed by atoms with Crippen LogP contribution in [0.3, 0.4) is 0 Å². The SMILES string of the molecule is CC1CCN(Cc2c(C(=O)N/N=C\[C@H]3CC=CCC3)nnn2-c2nonc2N)CC1. The van der Waals surface area contributed by atoms with Crippen molar-refractivity contribution in [2.24, 2.45) is 16.9 Å². The minimum atomic E-state index is -0.417. The third-order valence-corrected chi connectivity index (χ3v) is 5.69. The fourth-order valence-corrected chi connectivity index (χ4v) is 3.77. The fourth-order valence-electron chi connectivity index (χ4n) is 3.77. The number of aromatic nitrogens is 5. The number of hydrogen-bond acceptors (Lipinski definition) is 9. The van der Waals surface area contributed by atoms with Crippen LogP contribution in [0.5, 0.6) is 0 Å². The average molecular weight is 413 g/mol. The number of amides is 1. The molecule has 3 heterocycles. The first-order valence-electron chi connectivity index (χ1n) is 10.4. The van der Waals surface area contributed by atoms with Gasteiger partial charge in [0.05, 0.1) is 5.69 Å². The highest BCUT2D eigenvalue weighted by Gasteiger charge is 2.26. The van der Waals surface area contributed by atoms with E-state index in [1.54, 1.807) is 6.21 Å². The van der Waals surface area contributed by atoms with Gasteiger partial charge in [0.1, 0.15) is 0 Å². The molecule has 1 fully saturated rings. The second-order valence-electron chi connectivity index (χ2n) is 7.99. The maximum Gasteiger partial charge on any atom is 0.293 e. The van der Waals surface area contributed by atoms with E-state index in [1.807, 2.05) is 0 Å². The third-order valence-electron chi connectivity index (χ3n) is 5.69. The van der Waals surface area contributed by atoms with Crippen molar-refractivity contribution in [1.82, 2.24) is 35.6 Å². The van der Waals surface area contributed by atoms with Crippen LogP contribution >= 0.6 is 0 Å². The largest absolute Gasteiger partial charge is 0.378 e. The predicted octanol–water partition coefficient (Wildman–Crippen LogP) is 1.54. The lowest BCUT2D eigenvalue weighted by Gasteiger charge is -2.30. The Labute approximate surface area is 174 Å². The molecule has 2 aromatic rings. The molecule has 2 aromatic heterocycles. The zero-order valence-corrected chi connectivity index (χ0v) is 17.1. The highest BCUT2D eigenvalue weighted by molar-refractivity contribution is 5.93. The molecule has 0 bridgehead atoms. The predicted molar refractivity (Wildman–Crippen MR) is 110 cm³/mol. The number of hydrogen-bond donors (Lipinski definition) is 2. The molecule has 1 saturated heterocycles. The molecule has 1 aliphatic heterocycles. The minimum Gasteiger partial charge on any atom is -0.378 e. The first kappa shape index (κ1) is 20.2. The van der Waals surface area contributed by atoms with Gasteiger partial charge in [-0.2, -0.15) is 9.78 Å². The molecule has 3 N–H and O–H groups in total. The van der Waals surface area contributed by atoms with Crippen LogP contribution in [0.15, 0.2) is 21.9 Å². The molecule has 0 spiro atoms. The Morgan fingerprint density at radius 2 is 2.17 bits per heavy atom. The van der Waals surface area contributed by atoms with Gasteiger partial charge in [-0.15, -0.1) is 5.10 Å². The Bertz CT molecular complexity index is 924. The van der Waals surface area contributed by atoms with Crippen LogP contribution in [0.4, 0.5) is 5.82 Å². The summed E-state index contributed by atoms with van der Waals surface area (Å²) < 4.78 is 6.13. The van der Waals surface area contributed by atoms with Gasteiger partial charge in [0.15, 0.2) is 5.69 Å². The third kappa shape index (κ3) is 4.56. The molecule has 0 radical (unpaired) electrons. The van der Waals surface area contributed by atoms with Crippen molar-refractivity contribution < 1.29 is 9.42 Å². The summed E-state index contributed by atoms with van der Waals surface area (Å²) >= 11 is 0. The van der Waals surface area contributed by atoms with E-state index in [-0.39, 0.29) is 17.3 Å². The van der Waals surface area contributed by atoms with Gasteiger partial charge < -0.3 is 5.73 Å². The number of anilines is 1. The summed E-state index contributed by atoms with van der Waals surface area (Å²) in [5.74, 6) is 0.927. The zero-order valence-electron chi connectivity index (χ0n) is 17.1. The molecule has 0 saturated carbocycles. The molecule has 1 amide bonds. The van der Waals surface area contributed by atoms with E-state index in [4.69, 9.17) is 10.4 Å². The van der Waals surface area contributed by atoms with Gasteiger partial charge in [0, 0.05) is 12.8 Å². The van der Waals surface area contributed by atoms with Crippen molar-refractivity contribution >= 4 is 17.9 Å². The number of nitrogens with two attached hydrogens (primary N) is 1. The lowest BCUT2D eigenvalue weighted by molar-refractivity contribution is 0.0946. The Morgan fingerprint density at radius 3 is 2.87 bits per heavy atom. The number of piperidine rings is 1. The van der Waals surface area contributed by atoms with Gasteiger partial charge in [-0.3, -0.25) is 9.69 Å². The topological polar surface area (TPSA) is 140 Å². The smallest absolute Gasteiger partial charge is 0.293 e. The minimum absolute atomic E-state index is 0.0868. The quantitative estimate of drug-likeness (QED) is 0.413. The van der Waals surface area contributed by atoms with Crippen molar-refractivity contribution in [3.63, 3.8) is 0 Å². The van der Waals surface area contributed by atoms with Crippen LogP contribution in [-0.2, 0) is 6.54 Å². The first-order chi connectivity index (χ1) is 14.6. The molecule has 160 valence electrons. The van der Waals surface area contributed by atoms with Crippen LogP contribution in [0.25, 0.3) is 5.82 Å². The van der Waals surface area contributed by atoms with Gasteiger partial charge in [0.25, 0.3) is 5.91 Å². The lowest BCUT2D eigenvalue weighted by Crippen LogP contribution is -2.34. The van der Waals surface area contributed by atoms with E-state index < -0.39 is 5.91 Å². The van der Waals surface area contributed by atoms with Crippen LogP contribution in [0.2, 0.25) is 0 Å². The Hall–Kier alpha value is -3.08. The fraction of sp³-hybridized carbons (Fsp3) is 0.579. The first-order valence-corrected chi connectivity index (χ1v) is 10.4. The van der Waals surface area contributed by atoms with Gasteiger partial charge in [0.2, 0.25) is 11.6 Å². The van der Waals surface area contributed by atoms with E-state index in [9.17, 15) is 4.79 Å². The van der Waals surface area contributed by atoms with E-state index in [0.717, 1.165) is 45.2 Å². The summed E-state index contributed by atoms with van der Waals surface area (Å²) in [6.45, 7) is 4.62. The number of nitrogens with one attached hydrogen (secondary N) is 1. The van der Waals surface area contributed by atoms with Gasteiger partial charge in [-0.25, -0.2) is 10.1 Å². The van der Waals surface area contributed by atoms with Gasteiger partial charge in [-0.1, -0.05) is 24.3 Å². The van der Waals surface area contributed by atoms with Gasteiger partial charge >= 0.3 is 0 Å². The second-order valence-corrected chi connectivity index (χ2v) is 7.99. The number of rotatable bonds is 6. The molecule has 1 aliphatic carbocycles. The second kappa shape index (κ2) is 9.16. The Morgan fingerprint density at radius 1 is 1.33 bits per heavy atom. The lowest BCUT2D eigenvalue weighted by atomic mass is 9.96. The van der Waals surface area contributed by atoms with E-state index >= 15 is 0 Å². The molecular formula is C19H27N9O2. The molecular weight excluding hydrogens is 386 g/mol. The molecule has 0 aromatic carbocycles. The van der Waals surface area contributed by atoms with Crippen LogP contribution in [0.1, 0.15) is 55.2 Å². The van der Waals surface area contributed by atoms with Crippen molar-refractivity contribution in [3.8, 4) is 5.82 Å². The summed E-state index contributed by atoms with van der Waals surface area (Å²) in [6, 6.07) is 0. The molecule has 4 rings (SSSR count). The summed E-state index contributed by atoms with van der Waals surface area (Å²) in [5, 5.41) is 19.7. The van der Waals surface area contributed by atoms with Crippen LogP contribution < -0.4 is 11.2 Å². The number of nitrogens with zero attached hydrogens (tertiary/aromatic N) is 7. The average Bonchev–Trinajstić information content (AvgIpc) is 3.36. The van der Waals surface area contributed by atoms with Crippen LogP contribution in [-0.4, -0.2) is 55.4 Å². The van der Waals surface area contributed by atoms with Crippen molar-refractivity contribution in [3.05, 3.63) is 23.5 Å². The van der Waals surface area contributed by atoms with Gasteiger partial charge in [-0.05, 0) is 67.3 Å². The molecule has 30 heavy (non-hydrogen) atoms. The standard InChI is InChI=1S/C19H27N9O2/c1-13-7-9-27(10-8-13)12-15-16(22-26-28(15)18-17(20)24-30-25-18)19(29)23-21-11-14-5-3-2-4-6-14/h2-3,11,13-14H,4-10,12H2,1H3,(H2,20,24)(H,23,29)/b21-11-/t14-/m0/s1. The van der Waals surface area contributed by atoms with E-state index in [2.05, 4.69) is 55.1 Å². The zero-order chi connectivity index (χ0) is 20.9. The number of carbonyl (C=O) groups is 1. The van der Waals surface area contributed by atoms with Crippen LogP contribution in [0, 0.1) is 11.8 Å². The maximum atomic E-state index is 12.8. The van der Waals surface area contributed by atoms with E-state index in [1.165, 1.54) is 4.68 Å². The van der Waals surface area contributed by atoms with Crippen molar-refractivity contribution in [2.45, 2.75) is 45.6 Å². The van der Waals surface area contributed by atoms with Crippen molar-refractivity contribution in [2.75, 3.05) is 18.8 Å². The number of likely N-dealkylation sites (tertiary alicyclic amines) is 1. The molecule has 0 unspecified atom stereocenters. The summed E-state index contributed by atoms with van der Waals surface area (Å²) in [7, 11) is 0. The number of carbonyl (C=O) groups excluding carboxylic acids is 1. The number of nitrogen functional groups attached to an aromatic ring is 1. The normalized spacial score (nSPS) is 20.8. The Kier molecular flexibility index (Phi) is 6.17. The number of hydrazone groups is 1.